The summed E-state index contributed by atoms with van der Waals surface area (Å²) in [7, 11) is 0. The zero-order chi connectivity index (χ0) is 17.5. The van der Waals surface area contributed by atoms with Gasteiger partial charge in [-0.15, -0.1) is 0 Å². The van der Waals surface area contributed by atoms with Gasteiger partial charge in [0, 0.05) is 13.1 Å². The predicted octanol–water partition coefficient (Wildman–Crippen LogP) is 2.07. The van der Waals surface area contributed by atoms with Crippen molar-refractivity contribution in [3.8, 4) is 5.75 Å². The van der Waals surface area contributed by atoms with E-state index >= 15 is 0 Å². The monoisotopic (exact) mass is 332 g/mol. The maximum absolute atomic E-state index is 12.4. The van der Waals surface area contributed by atoms with Gasteiger partial charge in [-0.05, 0) is 38.1 Å². The van der Waals surface area contributed by atoms with Crippen molar-refractivity contribution in [3.05, 3.63) is 29.8 Å². The van der Waals surface area contributed by atoms with Crippen molar-refractivity contribution in [1.82, 2.24) is 10.2 Å². The highest BCUT2D eigenvalue weighted by atomic mass is 19.4. The van der Waals surface area contributed by atoms with Crippen LogP contribution in [0.4, 0.5) is 13.2 Å². The van der Waals surface area contributed by atoms with Crippen molar-refractivity contribution in [3.63, 3.8) is 0 Å². The lowest BCUT2D eigenvalue weighted by Crippen LogP contribution is -2.42. The summed E-state index contributed by atoms with van der Waals surface area (Å²) in [5.74, 6) is -0.545. The van der Waals surface area contributed by atoms with Crippen LogP contribution >= 0.6 is 0 Å². The standard InChI is InChI=1S/C15H19F3N2O3/c1-3-19-13(21)9-20(4-2)14(22)10-23-12-7-5-11(6-8-12)15(16,17)18/h5-8H,3-4,9-10H2,1-2H3,(H,19,21). The number of alkyl halides is 3. The number of likely N-dealkylation sites (N-methyl/N-ethyl adjacent to an activating group) is 2. The number of nitrogens with one attached hydrogen (secondary N) is 1. The van der Waals surface area contributed by atoms with Crippen LogP contribution in [0.3, 0.4) is 0 Å². The van der Waals surface area contributed by atoms with Crippen LogP contribution < -0.4 is 10.1 Å². The molecule has 0 aromatic heterocycles. The van der Waals surface area contributed by atoms with Gasteiger partial charge in [0.2, 0.25) is 5.91 Å². The Labute approximate surface area is 132 Å². The Kier molecular flexibility index (Phi) is 6.87. The first-order valence-corrected chi connectivity index (χ1v) is 7.12. The fraction of sp³-hybridized carbons (Fsp3) is 0.467. The summed E-state index contributed by atoms with van der Waals surface area (Å²) < 4.78 is 42.5. The van der Waals surface area contributed by atoms with Crippen molar-refractivity contribution in [1.29, 1.82) is 0 Å². The molecule has 128 valence electrons. The van der Waals surface area contributed by atoms with E-state index in [1.54, 1.807) is 13.8 Å². The van der Waals surface area contributed by atoms with Crippen LogP contribution in [0, 0.1) is 0 Å². The van der Waals surface area contributed by atoms with Gasteiger partial charge in [0.05, 0.1) is 12.1 Å². The van der Waals surface area contributed by atoms with E-state index in [-0.39, 0.29) is 24.8 Å². The van der Waals surface area contributed by atoms with E-state index in [1.165, 1.54) is 4.90 Å². The summed E-state index contributed by atoms with van der Waals surface area (Å²) in [6.07, 6.45) is -4.42. The second-order valence-electron chi connectivity index (χ2n) is 4.67. The Balaban J connectivity index is 2.55. The zero-order valence-electron chi connectivity index (χ0n) is 12.9. The van der Waals surface area contributed by atoms with E-state index in [0.717, 1.165) is 24.3 Å². The van der Waals surface area contributed by atoms with Crippen LogP contribution in [0.25, 0.3) is 0 Å². The first-order valence-electron chi connectivity index (χ1n) is 7.12. The summed E-state index contributed by atoms with van der Waals surface area (Å²) in [6, 6.07) is 4.06. The van der Waals surface area contributed by atoms with E-state index in [2.05, 4.69) is 5.32 Å². The number of rotatable bonds is 7. The summed E-state index contributed by atoms with van der Waals surface area (Å²) in [5.41, 5.74) is -0.789. The molecule has 0 aliphatic rings. The quantitative estimate of drug-likeness (QED) is 0.832. The molecule has 1 aromatic carbocycles. The minimum Gasteiger partial charge on any atom is -0.484 e. The van der Waals surface area contributed by atoms with Gasteiger partial charge in [0.15, 0.2) is 6.61 Å². The molecule has 2 amide bonds. The average Bonchev–Trinajstić information content (AvgIpc) is 2.50. The number of ether oxygens (including phenoxy) is 1. The van der Waals surface area contributed by atoms with Crippen LogP contribution in [-0.4, -0.2) is 43.0 Å². The Bertz CT molecular complexity index is 530. The van der Waals surface area contributed by atoms with E-state index in [9.17, 15) is 22.8 Å². The lowest BCUT2D eigenvalue weighted by molar-refractivity contribution is -0.138. The number of amides is 2. The van der Waals surface area contributed by atoms with Gasteiger partial charge in [-0.2, -0.15) is 13.2 Å². The Morgan fingerprint density at radius 1 is 1.17 bits per heavy atom. The molecule has 0 heterocycles. The maximum atomic E-state index is 12.4. The van der Waals surface area contributed by atoms with Crippen LogP contribution in [0.2, 0.25) is 0 Å². The summed E-state index contributed by atoms with van der Waals surface area (Å²) in [5, 5.41) is 2.58. The number of carbonyl (C=O) groups excluding carboxylic acids is 2. The maximum Gasteiger partial charge on any atom is 0.416 e. The number of hydrogen-bond donors (Lipinski definition) is 1. The molecule has 0 fully saturated rings. The van der Waals surface area contributed by atoms with E-state index < -0.39 is 17.6 Å². The summed E-state index contributed by atoms with van der Waals surface area (Å²) in [4.78, 5) is 24.7. The molecule has 1 rings (SSSR count). The van der Waals surface area contributed by atoms with Crippen molar-refractivity contribution in [2.24, 2.45) is 0 Å². The van der Waals surface area contributed by atoms with Gasteiger partial charge >= 0.3 is 6.18 Å². The normalized spacial score (nSPS) is 11.0. The van der Waals surface area contributed by atoms with Crippen molar-refractivity contribution >= 4 is 11.8 Å². The van der Waals surface area contributed by atoms with Crippen molar-refractivity contribution in [2.45, 2.75) is 20.0 Å². The van der Waals surface area contributed by atoms with Crippen LogP contribution in [0.15, 0.2) is 24.3 Å². The minimum absolute atomic E-state index is 0.0838. The molecule has 8 heteroatoms. The second-order valence-corrected chi connectivity index (χ2v) is 4.67. The van der Waals surface area contributed by atoms with Gasteiger partial charge in [-0.3, -0.25) is 9.59 Å². The number of halogens is 3. The summed E-state index contributed by atoms with van der Waals surface area (Å²) in [6.45, 7) is 3.84. The van der Waals surface area contributed by atoms with E-state index in [0.29, 0.717) is 13.1 Å². The first-order chi connectivity index (χ1) is 10.8. The molecular weight excluding hydrogens is 313 g/mol. The third-order valence-corrected chi connectivity index (χ3v) is 2.99. The van der Waals surface area contributed by atoms with Gasteiger partial charge in [-0.1, -0.05) is 0 Å². The molecule has 23 heavy (non-hydrogen) atoms. The van der Waals surface area contributed by atoms with E-state index in [1.807, 2.05) is 0 Å². The SMILES string of the molecule is CCNC(=O)CN(CC)C(=O)COc1ccc(C(F)(F)F)cc1. The average molecular weight is 332 g/mol. The molecule has 0 radical (unpaired) electrons. The fourth-order valence-corrected chi connectivity index (χ4v) is 1.78. The number of hydrogen-bond acceptors (Lipinski definition) is 3. The zero-order valence-corrected chi connectivity index (χ0v) is 12.9. The van der Waals surface area contributed by atoms with E-state index in [4.69, 9.17) is 4.74 Å². The smallest absolute Gasteiger partial charge is 0.416 e. The fourth-order valence-electron chi connectivity index (χ4n) is 1.78. The Morgan fingerprint density at radius 2 is 1.78 bits per heavy atom. The highest BCUT2D eigenvalue weighted by Crippen LogP contribution is 2.30. The molecule has 5 nitrogen and oxygen atoms in total. The lowest BCUT2D eigenvalue weighted by Gasteiger charge is -2.20. The molecule has 0 unspecified atom stereocenters. The molecule has 1 aromatic rings. The largest absolute Gasteiger partial charge is 0.484 e. The van der Waals surface area contributed by atoms with Crippen molar-refractivity contribution < 1.29 is 27.5 Å². The van der Waals surface area contributed by atoms with Gasteiger partial charge in [-0.25, -0.2) is 0 Å². The predicted molar refractivity (Wildman–Crippen MR) is 77.9 cm³/mol. The van der Waals surface area contributed by atoms with Gasteiger partial charge in [0.1, 0.15) is 5.75 Å². The molecule has 0 aliphatic carbocycles. The molecule has 0 saturated carbocycles. The Morgan fingerprint density at radius 3 is 2.26 bits per heavy atom. The molecule has 0 atom stereocenters. The highest BCUT2D eigenvalue weighted by molar-refractivity contribution is 5.85. The number of benzene rings is 1. The van der Waals surface area contributed by atoms with Crippen molar-refractivity contribution in [2.75, 3.05) is 26.2 Å². The molecular formula is C15H19F3N2O3. The lowest BCUT2D eigenvalue weighted by atomic mass is 10.2. The highest BCUT2D eigenvalue weighted by Gasteiger charge is 2.30. The molecule has 1 N–H and O–H groups in total. The number of nitrogens with zero attached hydrogens (tertiary/aromatic N) is 1. The molecule has 0 saturated heterocycles. The molecule has 0 aliphatic heterocycles. The van der Waals surface area contributed by atoms with Crippen LogP contribution in [-0.2, 0) is 15.8 Å². The topological polar surface area (TPSA) is 58.6 Å². The first kappa shape index (κ1) is 18.8. The third-order valence-electron chi connectivity index (χ3n) is 2.99. The van der Waals surface area contributed by atoms with Gasteiger partial charge in [0.25, 0.3) is 5.91 Å². The Hall–Kier alpha value is -2.25. The van der Waals surface area contributed by atoms with Gasteiger partial charge < -0.3 is 15.0 Å². The molecule has 0 spiro atoms. The van der Waals surface area contributed by atoms with Crippen LogP contribution in [0.5, 0.6) is 5.75 Å². The second kappa shape index (κ2) is 8.40. The number of carbonyl (C=O) groups is 2. The third kappa shape index (κ3) is 6.17. The molecule has 0 bridgehead atoms. The minimum atomic E-state index is -4.42. The summed E-state index contributed by atoms with van der Waals surface area (Å²) >= 11 is 0. The van der Waals surface area contributed by atoms with Crippen LogP contribution in [0.1, 0.15) is 19.4 Å².